The van der Waals surface area contributed by atoms with Gasteiger partial charge in [-0.1, -0.05) is 13.8 Å². The lowest BCUT2D eigenvalue weighted by molar-refractivity contribution is -0.125. The molecule has 2 aliphatic heterocycles. The zero-order valence-electron chi connectivity index (χ0n) is 13.9. The lowest BCUT2D eigenvalue weighted by Gasteiger charge is -2.40. The summed E-state index contributed by atoms with van der Waals surface area (Å²) in [5.41, 5.74) is 0. The molecule has 2 aliphatic rings. The number of nitrogens with zero attached hydrogens (tertiary/aromatic N) is 2. The van der Waals surface area contributed by atoms with Gasteiger partial charge in [-0.05, 0) is 32.4 Å². The molecule has 2 saturated heterocycles. The third-order valence-electron chi connectivity index (χ3n) is 4.93. The van der Waals surface area contributed by atoms with Crippen LogP contribution >= 0.6 is 0 Å². The van der Waals surface area contributed by atoms with Crippen molar-refractivity contribution in [2.24, 2.45) is 11.8 Å². The molecule has 5 heteroatoms. The predicted molar refractivity (Wildman–Crippen MR) is 86.3 cm³/mol. The quantitative estimate of drug-likeness (QED) is 0.770. The lowest BCUT2D eigenvalue weighted by Crippen LogP contribution is -2.55. The van der Waals surface area contributed by atoms with Crippen molar-refractivity contribution in [1.82, 2.24) is 20.4 Å². The number of piperidine rings is 1. The molecule has 1 unspecified atom stereocenters. The molecule has 2 rings (SSSR count). The second kappa shape index (κ2) is 8.11. The van der Waals surface area contributed by atoms with Crippen LogP contribution in [0.25, 0.3) is 0 Å². The van der Waals surface area contributed by atoms with E-state index in [4.69, 9.17) is 0 Å². The van der Waals surface area contributed by atoms with E-state index in [1.165, 1.54) is 0 Å². The molecule has 0 aromatic rings. The van der Waals surface area contributed by atoms with Crippen LogP contribution in [0.2, 0.25) is 0 Å². The van der Waals surface area contributed by atoms with Crippen molar-refractivity contribution in [3.05, 3.63) is 0 Å². The van der Waals surface area contributed by atoms with E-state index in [1.54, 1.807) is 0 Å². The molecule has 2 fully saturated rings. The van der Waals surface area contributed by atoms with Gasteiger partial charge in [0, 0.05) is 45.3 Å². The first-order chi connectivity index (χ1) is 10.1. The Balaban J connectivity index is 1.80. The first kappa shape index (κ1) is 16.7. The molecule has 0 aromatic carbocycles. The number of hydrogen-bond donors (Lipinski definition) is 2. The molecule has 1 amide bonds. The highest BCUT2D eigenvalue weighted by atomic mass is 16.1. The number of likely N-dealkylation sites (N-methyl/N-ethyl adjacent to an activating group) is 1. The lowest BCUT2D eigenvalue weighted by atomic mass is 9.97. The minimum absolute atomic E-state index is 0.166. The normalized spacial score (nSPS) is 26.8. The van der Waals surface area contributed by atoms with Gasteiger partial charge in [0.1, 0.15) is 0 Å². The molecule has 2 heterocycles. The first-order valence-electron chi connectivity index (χ1n) is 8.49. The molecular weight excluding hydrogens is 264 g/mol. The molecule has 0 bridgehead atoms. The molecule has 0 radical (unpaired) electrons. The molecule has 0 saturated carbocycles. The molecule has 2 N–H and O–H groups in total. The Kier molecular flexibility index (Phi) is 6.45. The number of amides is 1. The van der Waals surface area contributed by atoms with E-state index in [9.17, 15) is 4.79 Å². The van der Waals surface area contributed by atoms with Crippen LogP contribution in [-0.2, 0) is 4.79 Å². The number of piperazine rings is 1. The van der Waals surface area contributed by atoms with Gasteiger partial charge in [-0.25, -0.2) is 0 Å². The van der Waals surface area contributed by atoms with Crippen LogP contribution in [0, 0.1) is 11.8 Å². The van der Waals surface area contributed by atoms with Gasteiger partial charge in [0.25, 0.3) is 0 Å². The summed E-state index contributed by atoms with van der Waals surface area (Å²) in [7, 11) is 2.18. The van der Waals surface area contributed by atoms with Gasteiger partial charge in [0.15, 0.2) is 0 Å². The highest BCUT2D eigenvalue weighted by molar-refractivity contribution is 5.79. The average molecular weight is 296 g/mol. The first-order valence-corrected chi connectivity index (χ1v) is 8.49. The number of rotatable bonds is 5. The van der Waals surface area contributed by atoms with Gasteiger partial charge in [-0.3, -0.25) is 9.69 Å². The summed E-state index contributed by atoms with van der Waals surface area (Å²) in [5, 5.41) is 6.53. The Bertz CT molecular complexity index is 320. The monoisotopic (exact) mass is 296 g/mol. The third kappa shape index (κ3) is 4.94. The zero-order valence-corrected chi connectivity index (χ0v) is 13.9. The fourth-order valence-electron chi connectivity index (χ4n) is 3.37. The van der Waals surface area contributed by atoms with Crippen LogP contribution < -0.4 is 10.6 Å². The summed E-state index contributed by atoms with van der Waals surface area (Å²) < 4.78 is 0. The zero-order chi connectivity index (χ0) is 15.2. The van der Waals surface area contributed by atoms with Crippen LogP contribution in [0.15, 0.2) is 0 Å². The van der Waals surface area contributed by atoms with E-state index >= 15 is 0 Å². The van der Waals surface area contributed by atoms with Crippen molar-refractivity contribution in [2.45, 2.75) is 32.7 Å². The summed E-state index contributed by atoms with van der Waals surface area (Å²) in [5.74, 6) is 0.971. The second-order valence-electron chi connectivity index (χ2n) is 6.94. The molecule has 0 aromatic heterocycles. The summed E-state index contributed by atoms with van der Waals surface area (Å²) in [6, 6.07) is 0.458. The predicted octanol–water partition coefficient (Wildman–Crippen LogP) is 0.374. The Hall–Kier alpha value is -0.650. The van der Waals surface area contributed by atoms with Crippen molar-refractivity contribution in [1.29, 1.82) is 0 Å². The smallest absolute Gasteiger partial charge is 0.224 e. The van der Waals surface area contributed by atoms with Crippen LogP contribution in [0.4, 0.5) is 0 Å². The Morgan fingerprint density at radius 3 is 2.57 bits per heavy atom. The van der Waals surface area contributed by atoms with Gasteiger partial charge in [-0.15, -0.1) is 0 Å². The van der Waals surface area contributed by atoms with E-state index in [0.29, 0.717) is 12.0 Å². The van der Waals surface area contributed by atoms with Gasteiger partial charge < -0.3 is 15.5 Å². The van der Waals surface area contributed by atoms with Crippen LogP contribution in [0.1, 0.15) is 26.7 Å². The molecular formula is C16H32N4O. The maximum absolute atomic E-state index is 12.3. The van der Waals surface area contributed by atoms with Crippen molar-refractivity contribution < 1.29 is 4.79 Å². The Labute approximate surface area is 129 Å². The molecule has 2 atom stereocenters. The average Bonchev–Trinajstić information content (AvgIpc) is 2.49. The maximum Gasteiger partial charge on any atom is 0.224 e. The van der Waals surface area contributed by atoms with Crippen LogP contribution in [0.3, 0.4) is 0 Å². The van der Waals surface area contributed by atoms with E-state index < -0.39 is 0 Å². The summed E-state index contributed by atoms with van der Waals surface area (Å²) >= 11 is 0. The van der Waals surface area contributed by atoms with Crippen LogP contribution in [-0.4, -0.2) is 74.6 Å². The molecule has 21 heavy (non-hydrogen) atoms. The number of hydrogen-bond acceptors (Lipinski definition) is 4. The van der Waals surface area contributed by atoms with E-state index in [2.05, 4.69) is 41.3 Å². The van der Waals surface area contributed by atoms with Crippen molar-refractivity contribution in [2.75, 3.05) is 52.9 Å². The Morgan fingerprint density at radius 1 is 1.29 bits per heavy atom. The summed E-state index contributed by atoms with van der Waals surface area (Å²) in [6.07, 6.45) is 2.14. The van der Waals surface area contributed by atoms with Gasteiger partial charge in [-0.2, -0.15) is 0 Å². The fourth-order valence-corrected chi connectivity index (χ4v) is 3.37. The molecule has 0 spiro atoms. The van der Waals surface area contributed by atoms with E-state index in [1.807, 2.05) is 0 Å². The standard InChI is InChI=1S/C16H32N4O/c1-13(2)15(20-9-7-19(3)8-10-20)12-18-16(21)14-5-4-6-17-11-14/h13-15,17H,4-12H2,1-3H3,(H,18,21)/t14-,15?/m1/s1. The molecule has 5 nitrogen and oxygen atoms in total. The number of carbonyl (C=O) groups is 1. The Morgan fingerprint density at radius 2 is 2.00 bits per heavy atom. The minimum atomic E-state index is 0.166. The van der Waals surface area contributed by atoms with Crippen molar-refractivity contribution in [3.63, 3.8) is 0 Å². The number of carbonyl (C=O) groups excluding carboxylic acids is 1. The number of nitrogens with one attached hydrogen (secondary N) is 2. The second-order valence-corrected chi connectivity index (χ2v) is 6.94. The largest absolute Gasteiger partial charge is 0.354 e. The third-order valence-corrected chi connectivity index (χ3v) is 4.93. The van der Waals surface area contributed by atoms with Gasteiger partial charge in [0.05, 0.1) is 5.92 Å². The van der Waals surface area contributed by atoms with Crippen molar-refractivity contribution in [3.8, 4) is 0 Å². The minimum Gasteiger partial charge on any atom is -0.354 e. The van der Waals surface area contributed by atoms with E-state index in [0.717, 1.165) is 58.7 Å². The molecule has 0 aliphatic carbocycles. The SMILES string of the molecule is CC(C)C(CNC(=O)[C@@H]1CCCNC1)N1CCN(C)CC1. The summed E-state index contributed by atoms with van der Waals surface area (Å²) in [4.78, 5) is 17.2. The van der Waals surface area contributed by atoms with Crippen LogP contribution in [0.5, 0.6) is 0 Å². The highest BCUT2D eigenvalue weighted by Crippen LogP contribution is 2.14. The summed E-state index contributed by atoms with van der Waals surface area (Å²) in [6.45, 7) is 11.7. The van der Waals surface area contributed by atoms with Gasteiger partial charge >= 0.3 is 0 Å². The van der Waals surface area contributed by atoms with E-state index in [-0.39, 0.29) is 11.8 Å². The van der Waals surface area contributed by atoms with Crippen molar-refractivity contribution >= 4 is 5.91 Å². The van der Waals surface area contributed by atoms with Gasteiger partial charge in [0.2, 0.25) is 5.91 Å². The maximum atomic E-state index is 12.3. The topological polar surface area (TPSA) is 47.6 Å². The highest BCUT2D eigenvalue weighted by Gasteiger charge is 2.27. The fraction of sp³-hybridized carbons (Fsp3) is 0.938. The molecule has 122 valence electrons.